The average Bonchev–Trinajstić information content (AvgIpc) is 2.85. The molecule has 2 atom stereocenters. The molecule has 0 bridgehead atoms. The van der Waals surface area contributed by atoms with Gasteiger partial charge in [0.15, 0.2) is 6.10 Å². The van der Waals surface area contributed by atoms with Gasteiger partial charge in [-0.1, -0.05) is 48.0 Å². The number of ketones is 1. The molecular formula is C28H31NO7S. The number of sulfonamides is 1. The van der Waals surface area contributed by atoms with Gasteiger partial charge in [0, 0.05) is 5.56 Å². The Kier molecular flexibility index (Phi) is 8.73. The van der Waals surface area contributed by atoms with Gasteiger partial charge in [-0.2, -0.15) is 4.72 Å². The van der Waals surface area contributed by atoms with Gasteiger partial charge < -0.3 is 14.2 Å². The summed E-state index contributed by atoms with van der Waals surface area (Å²) in [4.78, 5) is 26.4. The van der Waals surface area contributed by atoms with Crippen molar-refractivity contribution in [1.82, 2.24) is 4.72 Å². The molecule has 0 saturated carbocycles. The van der Waals surface area contributed by atoms with Crippen molar-refractivity contribution in [2.24, 2.45) is 0 Å². The van der Waals surface area contributed by atoms with Crippen molar-refractivity contribution in [2.75, 3.05) is 7.11 Å². The first-order chi connectivity index (χ1) is 17.4. The fourth-order valence-corrected chi connectivity index (χ4v) is 4.71. The molecule has 0 amide bonds. The van der Waals surface area contributed by atoms with Crippen molar-refractivity contribution in [3.8, 4) is 5.75 Å². The second-order valence-corrected chi connectivity index (χ2v) is 11.1. The van der Waals surface area contributed by atoms with Crippen LogP contribution in [0.5, 0.6) is 5.75 Å². The molecule has 8 nitrogen and oxygen atoms in total. The minimum absolute atomic E-state index is 0.00643. The summed E-state index contributed by atoms with van der Waals surface area (Å²) < 4.78 is 45.3. The summed E-state index contributed by atoms with van der Waals surface area (Å²) in [6.45, 7) is 6.81. The van der Waals surface area contributed by atoms with Crippen LogP contribution in [0.2, 0.25) is 0 Å². The van der Waals surface area contributed by atoms with Crippen molar-refractivity contribution >= 4 is 22.0 Å². The molecule has 9 heteroatoms. The summed E-state index contributed by atoms with van der Waals surface area (Å²) in [6.07, 6.45) is -2.68. The Labute approximate surface area is 217 Å². The average molecular weight is 526 g/mol. The lowest BCUT2D eigenvalue weighted by molar-refractivity contribution is -0.0280. The second kappa shape index (κ2) is 11.6. The lowest BCUT2D eigenvalue weighted by atomic mass is 9.95. The van der Waals surface area contributed by atoms with E-state index in [0.29, 0.717) is 11.3 Å². The Balaban J connectivity index is 2.08. The zero-order valence-corrected chi connectivity index (χ0v) is 22.2. The minimum atomic E-state index is -4.12. The zero-order chi connectivity index (χ0) is 27.2. The predicted octanol–water partition coefficient (Wildman–Crippen LogP) is 5.23. The van der Waals surface area contributed by atoms with Gasteiger partial charge in [0.05, 0.1) is 18.0 Å². The SMILES string of the molecule is COc1ccc(C(=O)[C@@H](OC(=O)OC(C)(C)C)[C@H](NS(=O)(=O)c2ccc(C)cc2)c2ccccc2)cc1. The minimum Gasteiger partial charge on any atom is -0.497 e. The first kappa shape index (κ1) is 27.9. The molecule has 3 rings (SSSR count). The normalized spacial score (nSPS) is 13.3. The first-order valence-corrected chi connectivity index (χ1v) is 13.1. The van der Waals surface area contributed by atoms with Crippen LogP contribution in [0.1, 0.15) is 48.3 Å². The third-order valence-corrected chi connectivity index (χ3v) is 6.78. The summed E-state index contributed by atoms with van der Waals surface area (Å²) in [7, 11) is -2.62. The van der Waals surface area contributed by atoms with E-state index in [9.17, 15) is 18.0 Å². The molecule has 0 aromatic heterocycles. The van der Waals surface area contributed by atoms with Crippen molar-refractivity contribution in [2.45, 2.75) is 50.3 Å². The highest BCUT2D eigenvalue weighted by Crippen LogP contribution is 2.27. The van der Waals surface area contributed by atoms with E-state index >= 15 is 0 Å². The maximum Gasteiger partial charge on any atom is 0.509 e. The lowest BCUT2D eigenvalue weighted by Gasteiger charge is -2.28. The molecule has 0 unspecified atom stereocenters. The Morgan fingerprint density at radius 3 is 2.00 bits per heavy atom. The van der Waals surface area contributed by atoms with Crippen molar-refractivity contribution in [3.63, 3.8) is 0 Å². The first-order valence-electron chi connectivity index (χ1n) is 11.6. The highest BCUT2D eigenvalue weighted by Gasteiger charge is 2.38. The summed E-state index contributed by atoms with van der Waals surface area (Å²) in [5.74, 6) is -0.0881. The largest absolute Gasteiger partial charge is 0.509 e. The van der Waals surface area contributed by atoms with E-state index in [0.717, 1.165) is 5.56 Å². The molecule has 0 aliphatic rings. The molecule has 0 aliphatic carbocycles. The highest BCUT2D eigenvalue weighted by molar-refractivity contribution is 7.89. The number of methoxy groups -OCH3 is 1. The van der Waals surface area contributed by atoms with Crippen LogP contribution >= 0.6 is 0 Å². The number of ether oxygens (including phenoxy) is 3. The van der Waals surface area contributed by atoms with E-state index < -0.39 is 39.7 Å². The van der Waals surface area contributed by atoms with E-state index in [4.69, 9.17) is 14.2 Å². The van der Waals surface area contributed by atoms with Gasteiger partial charge in [-0.15, -0.1) is 0 Å². The number of hydrogen-bond acceptors (Lipinski definition) is 7. The van der Waals surface area contributed by atoms with Crippen LogP contribution in [0.4, 0.5) is 4.79 Å². The quantitative estimate of drug-likeness (QED) is 0.301. The summed E-state index contributed by atoms with van der Waals surface area (Å²) in [5.41, 5.74) is 0.617. The smallest absolute Gasteiger partial charge is 0.497 e. The van der Waals surface area contributed by atoms with Gasteiger partial charge in [-0.25, -0.2) is 13.2 Å². The van der Waals surface area contributed by atoms with E-state index in [-0.39, 0.29) is 10.5 Å². The third-order valence-electron chi connectivity index (χ3n) is 5.32. The summed E-state index contributed by atoms with van der Waals surface area (Å²) in [5, 5.41) is 0. The molecule has 0 heterocycles. The molecule has 0 radical (unpaired) electrons. The van der Waals surface area contributed by atoms with Crippen LogP contribution in [-0.4, -0.2) is 39.2 Å². The highest BCUT2D eigenvalue weighted by atomic mass is 32.2. The van der Waals surface area contributed by atoms with Crippen LogP contribution in [0.25, 0.3) is 0 Å². The number of nitrogens with one attached hydrogen (secondary N) is 1. The van der Waals surface area contributed by atoms with Crippen LogP contribution in [0.15, 0.2) is 83.8 Å². The van der Waals surface area contributed by atoms with E-state index in [1.165, 1.54) is 31.4 Å². The van der Waals surface area contributed by atoms with Crippen molar-refractivity contribution < 1.29 is 32.2 Å². The number of carbonyl (C=O) groups excluding carboxylic acids is 2. The van der Waals surface area contributed by atoms with Crippen molar-refractivity contribution in [3.05, 3.63) is 95.6 Å². The van der Waals surface area contributed by atoms with Gasteiger partial charge >= 0.3 is 6.16 Å². The molecule has 3 aromatic rings. The topological polar surface area (TPSA) is 108 Å². The molecule has 0 fully saturated rings. The molecule has 0 aliphatic heterocycles. The Morgan fingerprint density at radius 1 is 0.865 bits per heavy atom. The molecule has 37 heavy (non-hydrogen) atoms. The number of aryl methyl sites for hydroxylation is 1. The fourth-order valence-electron chi connectivity index (χ4n) is 3.49. The summed E-state index contributed by atoms with van der Waals surface area (Å²) >= 11 is 0. The number of hydrogen-bond donors (Lipinski definition) is 1. The molecule has 1 N–H and O–H groups in total. The number of rotatable bonds is 9. The maximum absolute atomic E-state index is 13.7. The molecular weight excluding hydrogens is 494 g/mol. The molecule has 0 saturated heterocycles. The van der Waals surface area contributed by atoms with Crippen LogP contribution in [-0.2, 0) is 19.5 Å². The van der Waals surface area contributed by atoms with Crippen molar-refractivity contribution in [1.29, 1.82) is 0 Å². The standard InChI is InChI=1S/C28H31NO7S/c1-19-11-17-23(18-12-19)37(32,33)29-24(20-9-7-6-8-10-20)26(35-27(31)36-28(2,3)4)25(30)21-13-15-22(34-5)16-14-21/h6-18,24,26,29H,1-5H3/t24-,26+/m1/s1. The third kappa shape index (κ3) is 7.65. The van der Waals surface area contributed by atoms with Gasteiger partial charge in [0.1, 0.15) is 11.4 Å². The fraction of sp³-hybridized carbons (Fsp3) is 0.286. The van der Waals surface area contributed by atoms with Crippen LogP contribution in [0.3, 0.4) is 0 Å². The molecule has 0 spiro atoms. The number of Topliss-reactive ketones (excluding diaryl/α,β-unsaturated/α-hetero) is 1. The number of carbonyl (C=O) groups is 2. The van der Waals surface area contributed by atoms with E-state index in [2.05, 4.69) is 4.72 Å². The number of benzene rings is 3. The van der Waals surface area contributed by atoms with E-state index in [1.807, 2.05) is 6.92 Å². The van der Waals surface area contributed by atoms with Gasteiger partial charge in [-0.3, -0.25) is 4.79 Å². The van der Waals surface area contributed by atoms with Gasteiger partial charge in [0.2, 0.25) is 15.8 Å². The Bertz CT molecular complexity index is 1310. The maximum atomic E-state index is 13.7. The predicted molar refractivity (Wildman–Crippen MR) is 139 cm³/mol. The lowest BCUT2D eigenvalue weighted by Crippen LogP contribution is -2.43. The van der Waals surface area contributed by atoms with E-state index in [1.54, 1.807) is 75.4 Å². The molecule has 196 valence electrons. The second-order valence-electron chi connectivity index (χ2n) is 9.42. The van der Waals surface area contributed by atoms with Crippen LogP contribution in [0, 0.1) is 6.92 Å². The van der Waals surface area contributed by atoms with Gasteiger partial charge in [0.25, 0.3) is 0 Å². The molecule has 3 aromatic carbocycles. The van der Waals surface area contributed by atoms with Gasteiger partial charge in [-0.05, 0) is 69.7 Å². The Hall–Kier alpha value is -3.69. The summed E-state index contributed by atoms with van der Waals surface area (Å²) in [6, 6.07) is 19.7. The zero-order valence-electron chi connectivity index (χ0n) is 21.4. The Morgan fingerprint density at radius 2 is 1.46 bits per heavy atom. The van der Waals surface area contributed by atoms with Crippen LogP contribution < -0.4 is 9.46 Å². The monoisotopic (exact) mass is 525 g/mol.